The van der Waals surface area contributed by atoms with Gasteiger partial charge in [-0.15, -0.1) is 0 Å². The van der Waals surface area contributed by atoms with E-state index < -0.39 is 0 Å². The topological polar surface area (TPSA) is 64.1 Å². The van der Waals surface area contributed by atoms with E-state index in [9.17, 15) is 0 Å². The van der Waals surface area contributed by atoms with Crippen molar-refractivity contribution in [2.24, 2.45) is 4.99 Å². The Labute approximate surface area is 154 Å². The zero-order valence-corrected chi connectivity index (χ0v) is 15.4. The monoisotopic (exact) mass is 355 g/mol. The lowest BCUT2D eigenvalue weighted by molar-refractivity contribution is 0.0936. The lowest BCUT2D eigenvalue weighted by atomic mass is 10.1. The maximum Gasteiger partial charge on any atom is 0.191 e. The first kappa shape index (κ1) is 17.9. The summed E-state index contributed by atoms with van der Waals surface area (Å²) in [6.45, 7) is 3.77. The van der Waals surface area contributed by atoms with Gasteiger partial charge in [0.15, 0.2) is 17.5 Å². The third kappa shape index (κ3) is 4.39. The molecule has 1 unspecified atom stereocenters. The fraction of sp³-hybridized carbons (Fsp3) is 0.350. The lowest BCUT2D eigenvalue weighted by Gasteiger charge is -2.27. The van der Waals surface area contributed by atoms with E-state index in [1.807, 2.05) is 37.3 Å². The van der Waals surface area contributed by atoms with Crippen LogP contribution in [0.2, 0.25) is 0 Å². The van der Waals surface area contributed by atoms with Gasteiger partial charge in [-0.2, -0.15) is 0 Å². The summed E-state index contributed by atoms with van der Waals surface area (Å²) in [7, 11) is 3.43. The molecule has 2 aromatic rings. The third-order valence-electron chi connectivity index (χ3n) is 4.18. The maximum absolute atomic E-state index is 5.95. The highest BCUT2D eigenvalue weighted by Crippen LogP contribution is 2.30. The largest absolute Gasteiger partial charge is 0.496 e. The van der Waals surface area contributed by atoms with Crippen LogP contribution in [0.1, 0.15) is 11.1 Å². The highest BCUT2D eigenvalue weighted by Gasteiger charge is 2.20. The van der Waals surface area contributed by atoms with Crippen LogP contribution in [0, 0.1) is 6.92 Å². The van der Waals surface area contributed by atoms with Gasteiger partial charge < -0.3 is 24.8 Å². The van der Waals surface area contributed by atoms with Gasteiger partial charge in [-0.25, -0.2) is 0 Å². The molecule has 26 heavy (non-hydrogen) atoms. The molecule has 0 amide bonds. The molecule has 0 spiro atoms. The number of methoxy groups -OCH3 is 1. The minimum Gasteiger partial charge on any atom is -0.496 e. The molecular formula is C20H25N3O3. The number of nitrogens with zero attached hydrogens (tertiary/aromatic N) is 1. The molecule has 1 atom stereocenters. The van der Waals surface area contributed by atoms with Gasteiger partial charge in [0.2, 0.25) is 0 Å². The van der Waals surface area contributed by atoms with Crippen molar-refractivity contribution in [3.63, 3.8) is 0 Å². The number of guanidine groups is 1. The predicted molar refractivity (Wildman–Crippen MR) is 102 cm³/mol. The van der Waals surface area contributed by atoms with Crippen LogP contribution in [0.25, 0.3) is 0 Å². The first-order valence-corrected chi connectivity index (χ1v) is 8.66. The summed E-state index contributed by atoms with van der Waals surface area (Å²) in [5.41, 5.74) is 2.25. The second-order valence-electron chi connectivity index (χ2n) is 6.12. The van der Waals surface area contributed by atoms with Crippen LogP contribution in [-0.4, -0.2) is 39.4 Å². The molecule has 0 fully saturated rings. The predicted octanol–water partition coefficient (Wildman–Crippen LogP) is 2.51. The quantitative estimate of drug-likeness (QED) is 0.637. The number of para-hydroxylation sites is 2. The van der Waals surface area contributed by atoms with Gasteiger partial charge >= 0.3 is 0 Å². The SMILES string of the molecule is CN=C(NCc1ccc(C)cc1OC)NCC1COc2ccccc2O1. The molecular weight excluding hydrogens is 330 g/mol. The van der Waals surface area contributed by atoms with E-state index in [0.717, 1.165) is 22.8 Å². The molecule has 3 rings (SSSR count). The van der Waals surface area contributed by atoms with Crippen LogP contribution in [0.5, 0.6) is 17.2 Å². The molecule has 2 N–H and O–H groups in total. The second-order valence-corrected chi connectivity index (χ2v) is 6.12. The molecule has 2 aromatic carbocycles. The van der Waals surface area contributed by atoms with E-state index in [1.54, 1.807) is 14.2 Å². The number of benzene rings is 2. The van der Waals surface area contributed by atoms with Crippen LogP contribution in [0.3, 0.4) is 0 Å². The number of aliphatic imine (C=N–C) groups is 1. The summed E-state index contributed by atoms with van der Waals surface area (Å²) in [6, 6.07) is 13.9. The van der Waals surface area contributed by atoms with Gasteiger partial charge in [0.1, 0.15) is 18.5 Å². The first-order chi connectivity index (χ1) is 12.7. The summed E-state index contributed by atoms with van der Waals surface area (Å²) in [4.78, 5) is 4.26. The maximum atomic E-state index is 5.95. The Morgan fingerprint density at radius 1 is 1.19 bits per heavy atom. The highest BCUT2D eigenvalue weighted by atomic mass is 16.6. The van der Waals surface area contributed by atoms with Crippen molar-refractivity contribution in [2.45, 2.75) is 19.6 Å². The van der Waals surface area contributed by atoms with Gasteiger partial charge in [-0.1, -0.05) is 24.3 Å². The van der Waals surface area contributed by atoms with Gasteiger partial charge in [-0.05, 0) is 30.7 Å². The van der Waals surface area contributed by atoms with Crippen molar-refractivity contribution in [1.29, 1.82) is 0 Å². The minimum atomic E-state index is -0.0719. The van der Waals surface area contributed by atoms with Crippen molar-refractivity contribution < 1.29 is 14.2 Å². The Bertz CT molecular complexity index is 777. The molecule has 1 heterocycles. The summed E-state index contributed by atoms with van der Waals surface area (Å²) in [6.07, 6.45) is -0.0719. The van der Waals surface area contributed by atoms with E-state index >= 15 is 0 Å². The van der Waals surface area contributed by atoms with E-state index in [1.165, 1.54) is 5.56 Å². The lowest BCUT2D eigenvalue weighted by Crippen LogP contribution is -2.45. The zero-order chi connectivity index (χ0) is 18.4. The van der Waals surface area contributed by atoms with E-state index in [0.29, 0.717) is 25.7 Å². The van der Waals surface area contributed by atoms with Crippen LogP contribution in [0.4, 0.5) is 0 Å². The smallest absolute Gasteiger partial charge is 0.191 e. The molecule has 6 nitrogen and oxygen atoms in total. The normalized spacial score (nSPS) is 16.1. The molecule has 0 saturated carbocycles. The van der Waals surface area contributed by atoms with Crippen molar-refractivity contribution in [1.82, 2.24) is 10.6 Å². The van der Waals surface area contributed by atoms with E-state index in [2.05, 4.69) is 27.8 Å². The van der Waals surface area contributed by atoms with E-state index in [-0.39, 0.29) is 6.10 Å². The standard InChI is InChI=1S/C20H25N3O3/c1-14-8-9-15(19(10-14)24-3)11-22-20(21-2)23-12-16-13-25-17-6-4-5-7-18(17)26-16/h4-10,16H,11-13H2,1-3H3,(H2,21,22,23). The Morgan fingerprint density at radius 3 is 2.77 bits per heavy atom. The second kappa shape index (κ2) is 8.47. The van der Waals surface area contributed by atoms with Crippen LogP contribution < -0.4 is 24.8 Å². The molecule has 0 bridgehead atoms. The molecule has 0 aliphatic carbocycles. The Hall–Kier alpha value is -2.89. The average Bonchev–Trinajstić information content (AvgIpc) is 2.68. The Kier molecular flexibility index (Phi) is 5.84. The fourth-order valence-electron chi connectivity index (χ4n) is 2.77. The number of hydrogen-bond donors (Lipinski definition) is 2. The zero-order valence-electron chi connectivity index (χ0n) is 15.4. The summed E-state index contributed by atoms with van der Waals surface area (Å²) >= 11 is 0. The molecule has 0 radical (unpaired) electrons. The van der Waals surface area contributed by atoms with Crippen LogP contribution in [0.15, 0.2) is 47.5 Å². The summed E-state index contributed by atoms with van der Waals surface area (Å²) < 4.78 is 17.1. The summed E-state index contributed by atoms with van der Waals surface area (Å²) in [5.74, 6) is 3.14. The number of hydrogen-bond acceptors (Lipinski definition) is 4. The molecule has 0 saturated heterocycles. The molecule has 6 heteroatoms. The number of aryl methyl sites for hydroxylation is 1. The number of ether oxygens (including phenoxy) is 3. The van der Waals surface area contributed by atoms with Crippen LogP contribution in [-0.2, 0) is 6.54 Å². The average molecular weight is 355 g/mol. The Morgan fingerprint density at radius 2 is 2.00 bits per heavy atom. The third-order valence-corrected chi connectivity index (χ3v) is 4.18. The molecule has 1 aliphatic rings. The molecule has 138 valence electrons. The van der Waals surface area contributed by atoms with Gasteiger partial charge in [0.05, 0.1) is 13.7 Å². The number of rotatable bonds is 5. The Balaban J connectivity index is 1.51. The van der Waals surface area contributed by atoms with Crippen molar-refractivity contribution in [3.8, 4) is 17.2 Å². The molecule has 0 aromatic heterocycles. The van der Waals surface area contributed by atoms with Crippen molar-refractivity contribution in [3.05, 3.63) is 53.6 Å². The number of nitrogens with one attached hydrogen (secondary N) is 2. The summed E-state index contributed by atoms with van der Waals surface area (Å²) in [5, 5.41) is 6.58. The van der Waals surface area contributed by atoms with Crippen molar-refractivity contribution >= 4 is 5.96 Å². The van der Waals surface area contributed by atoms with Gasteiger partial charge in [0.25, 0.3) is 0 Å². The van der Waals surface area contributed by atoms with Gasteiger partial charge in [0, 0.05) is 19.2 Å². The highest BCUT2D eigenvalue weighted by molar-refractivity contribution is 5.79. The fourth-order valence-corrected chi connectivity index (χ4v) is 2.77. The van der Waals surface area contributed by atoms with Crippen molar-refractivity contribution in [2.75, 3.05) is 27.3 Å². The van der Waals surface area contributed by atoms with Gasteiger partial charge in [-0.3, -0.25) is 4.99 Å². The number of fused-ring (bicyclic) bond motifs is 1. The first-order valence-electron chi connectivity index (χ1n) is 8.66. The minimum absolute atomic E-state index is 0.0719. The molecule has 1 aliphatic heterocycles. The van der Waals surface area contributed by atoms with E-state index in [4.69, 9.17) is 14.2 Å². The van der Waals surface area contributed by atoms with Crippen LogP contribution >= 0.6 is 0 Å².